The van der Waals surface area contributed by atoms with Gasteiger partial charge in [0, 0.05) is 71.9 Å². The molecule has 3 aromatic rings. The van der Waals surface area contributed by atoms with Gasteiger partial charge in [-0.3, -0.25) is 4.79 Å². The van der Waals surface area contributed by atoms with Crippen molar-refractivity contribution in [1.82, 2.24) is 0 Å². The number of aldehydes is 1. The van der Waals surface area contributed by atoms with Crippen LogP contribution in [0.4, 0.5) is 0 Å². The Morgan fingerprint density at radius 1 is 0.411 bits per heavy atom. The molecule has 112 heavy (non-hydrogen) atoms. The molecule has 0 amide bonds. The minimum Gasteiger partial charge on any atom is -0.353 e. The number of rotatable bonds is 61. The molecule has 0 aromatic heterocycles. The molecular weight excluding hydrogens is 1570 g/mol. The van der Waals surface area contributed by atoms with Crippen molar-refractivity contribution in [1.29, 1.82) is 0 Å². The van der Waals surface area contributed by atoms with Gasteiger partial charge in [0.1, 0.15) is 6.29 Å². The van der Waals surface area contributed by atoms with Gasteiger partial charge in [0.15, 0.2) is 18.9 Å². The molecule has 1 aliphatic heterocycles. The van der Waals surface area contributed by atoms with Crippen LogP contribution < -0.4 is 93.1 Å². The molecule has 0 saturated carbocycles. The number of alkyl halides is 2. The molecule has 1 fully saturated rings. The minimum atomic E-state index is -1.58. The SMILES string of the molecule is C1CCOC1.CC(C)(C)[O-].CC/C=C/C=C\CC/C=C\CCCCCC(OCC)OCC.CC/C=C/C=O.CCOC(CCCCC/C=C\CCCCl)OCC.CCOC(CCCCC/C=C\CCC[I-][P+](c1ccccc1)(c1ccccc1)c1ccccc1)OCC.C[CH-]CC/C=C\CCCCCC(OCC)OCC.[K+]. The summed E-state index contributed by atoms with van der Waals surface area (Å²) < 4.78 is 50.7. The Balaban J connectivity index is -0.000000673. The molecule has 1 heterocycles. The van der Waals surface area contributed by atoms with E-state index in [1.165, 1.54) is 168 Å². The summed E-state index contributed by atoms with van der Waals surface area (Å²) in [6.07, 6.45) is 71.1. The topological polar surface area (TPSA) is 123 Å². The fourth-order valence-electron chi connectivity index (χ4n) is 11.0. The maximum atomic E-state index is 10.1. The van der Waals surface area contributed by atoms with Crippen molar-refractivity contribution < 1.29 is 125 Å². The number of benzene rings is 3. The number of hydrogen-bond donors (Lipinski definition) is 0. The summed E-state index contributed by atoms with van der Waals surface area (Å²) in [5.41, 5.74) is -0.750. The summed E-state index contributed by atoms with van der Waals surface area (Å²) in [4.78, 5) is 7.90. The quantitative estimate of drug-likeness (QED) is 0.00459. The van der Waals surface area contributed by atoms with Crippen LogP contribution >= 0.6 is 16.5 Å². The average molecular weight is 1740 g/mol. The van der Waals surface area contributed by atoms with E-state index in [1.54, 1.807) is 20.8 Å². The molecule has 0 bridgehead atoms. The molecule has 4 rings (SSSR count). The maximum absolute atomic E-state index is 10.1. The van der Waals surface area contributed by atoms with Crippen LogP contribution in [0, 0.1) is 6.42 Å². The molecule has 1 aliphatic rings. The summed E-state index contributed by atoms with van der Waals surface area (Å²) in [6, 6.07) is 34.0. The number of carbonyl (C=O) groups excluding carboxylic acids is 1. The molecule has 0 aliphatic carbocycles. The first-order valence-electron chi connectivity index (χ1n) is 43.5. The number of ether oxygens (including phenoxy) is 9. The summed E-state index contributed by atoms with van der Waals surface area (Å²) in [5, 5.41) is 14.7. The van der Waals surface area contributed by atoms with Gasteiger partial charge in [-0.15, -0.1) is 17.2 Å². The zero-order valence-corrected chi connectivity index (χ0v) is 80.9. The Morgan fingerprint density at radius 2 is 0.696 bits per heavy atom. The molecular formula is C97H165ClIKO11P-. The van der Waals surface area contributed by atoms with Crippen LogP contribution in [-0.2, 0) is 47.4 Å². The third-order valence-electron chi connectivity index (χ3n) is 16.4. The van der Waals surface area contributed by atoms with Gasteiger partial charge in [0.05, 0.1) is 0 Å². The number of hydrogen-bond acceptors (Lipinski definition) is 11. The van der Waals surface area contributed by atoms with Gasteiger partial charge < -0.3 is 44.7 Å². The van der Waals surface area contributed by atoms with E-state index in [0.717, 1.165) is 142 Å². The number of allylic oxidation sites excluding steroid dienone is 14. The molecule has 640 valence electrons. The normalized spacial score (nSPS) is 12.4. The number of unbranched alkanes of at least 4 members (excludes halogenated alkanes) is 17. The molecule has 1 saturated heterocycles. The molecule has 3 aromatic carbocycles. The van der Waals surface area contributed by atoms with Crippen LogP contribution in [0.25, 0.3) is 0 Å². The van der Waals surface area contributed by atoms with Crippen molar-refractivity contribution in [3.05, 3.63) is 182 Å². The first-order chi connectivity index (χ1) is 54.3. The van der Waals surface area contributed by atoms with Crippen LogP contribution in [0.15, 0.2) is 176 Å². The second-order valence-corrected chi connectivity index (χ2v) is 38.2. The fraction of sp³-hybridized carbons (Fsp3) is 0.649. The Kier molecular flexibility index (Phi) is 98.5. The van der Waals surface area contributed by atoms with E-state index >= 15 is 0 Å². The zero-order valence-electron chi connectivity index (χ0n) is 74.0. The Bertz CT molecular complexity index is 2360. The first kappa shape index (κ1) is 117. The Labute approximate surface area is 748 Å². The third kappa shape index (κ3) is 80.6. The van der Waals surface area contributed by atoms with Gasteiger partial charge in [-0.2, -0.15) is 13.3 Å². The predicted molar refractivity (Wildman–Crippen MR) is 479 cm³/mol. The van der Waals surface area contributed by atoms with Crippen LogP contribution in [0.2, 0.25) is 0 Å². The summed E-state index contributed by atoms with van der Waals surface area (Å²) in [6.45, 7) is 35.2. The van der Waals surface area contributed by atoms with Gasteiger partial charge in [0.25, 0.3) is 0 Å². The number of carbonyl (C=O) groups is 1. The molecule has 15 heteroatoms. The molecule has 0 spiro atoms. The van der Waals surface area contributed by atoms with E-state index in [1.807, 2.05) is 68.4 Å². The van der Waals surface area contributed by atoms with Gasteiger partial charge in [-0.05, 0) is 190 Å². The van der Waals surface area contributed by atoms with Gasteiger partial charge in [0.2, 0.25) is 0 Å². The van der Waals surface area contributed by atoms with Crippen molar-refractivity contribution in [2.75, 3.05) is 76.4 Å². The van der Waals surface area contributed by atoms with Crippen LogP contribution in [0.3, 0.4) is 0 Å². The molecule has 0 N–H and O–H groups in total. The predicted octanol–water partition coefficient (Wildman–Crippen LogP) is 19.8. The Morgan fingerprint density at radius 3 is 0.973 bits per heavy atom. The molecule has 11 nitrogen and oxygen atoms in total. The molecule has 0 radical (unpaired) electrons. The third-order valence-corrected chi connectivity index (χ3v) is 30.5. The second kappa shape index (κ2) is 94.7. The number of halogens is 2. The van der Waals surface area contributed by atoms with Gasteiger partial charge in [-0.1, -0.05) is 127 Å². The standard InChI is InChI=1S/C33H44IO2P.C20H36O2.C16H31O2.C15H29ClO2.C5H8O.C4H8O.C4H9O.K/c1-3-35-33(36-4-2)28-20-9-7-5-6-8-10-21-29-34-37(30-22-14-11-15-23-30,31-24-16-12-17-25-31)32-26-18-13-19-27-32;1-4-7-8-9-10-11-12-13-14-15-16-17-18-19-20(21-5-2)22-6-3;1-4-7-8-9-10-11-12-13-14-15-16(17-5-2)18-6-3;1-3-17-15(18-4-2)13-11-9-7-5-6-8-10-12-14-16;1-2-3-4-5-6;1-2-4-5-3-1;1-4(2,3)5;/h6,8,11-19,22-27,33H,3-5,7,9-10,20-21,28-29H2,1-2H3;7-10,13-14,20H,4-6,11-12,15-19H2,1-3H3;4,9-10,16H,5-8,11-15H2,1-3H3;6,8,15H,3-5,7,9-14H2,1-2H3;3-5H,2H2,1H3;1-4H2;1-3H3;/q;;-1;;;;-1;+1/b8-6-;8-7+,10-9-,14-13-;10-9-;8-6-;4-3+;;;. The van der Waals surface area contributed by atoms with E-state index in [-0.39, 0.29) is 97.2 Å². The van der Waals surface area contributed by atoms with Crippen LogP contribution in [0.5, 0.6) is 0 Å². The van der Waals surface area contributed by atoms with Crippen LogP contribution in [0.1, 0.15) is 302 Å². The van der Waals surface area contributed by atoms with E-state index in [4.69, 9.17) is 54.2 Å². The monoisotopic (exact) mass is 1740 g/mol. The minimum absolute atomic E-state index is 0. The van der Waals surface area contributed by atoms with Crippen molar-refractivity contribution in [3.63, 3.8) is 0 Å². The smallest absolute Gasteiger partial charge is 0.353 e. The Hall–Kier alpha value is -1.80. The summed E-state index contributed by atoms with van der Waals surface area (Å²) >= 11 is 5.55. The fourth-order valence-corrected chi connectivity index (χ4v) is 24.6. The van der Waals surface area contributed by atoms with Gasteiger partial charge >= 0.3 is 261 Å². The average Bonchev–Trinajstić information content (AvgIpc) is 0.788. The summed E-state index contributed by atoms with van der Waals surface area (Å²) in [7, 11) is 0. The van der Waals surface area contributed by atoms with Crippen molar-refractivity contribution in [2.24, 2.45) is 0 Å². The van der Waals surface area contributed by atoms with Crippen molar-refractivity contribution in [2.45, 2.75) is 333 Å². The van der Waals surface area contributed by atoms with Crippen molar-refractivity contribution in [3.8, 4) is 0 Å². The zero-order chi connectivity index (χ0) is 82.1. The molecule has 0 atom stereocenters. The summed E-state index contributed by atoms with van der Waals surface area (Å²) in [5.74, 6) is 0.764. The van der Waals surface area contributed by atoms with E-state index in [9.17, 15) is 9.90 Å². The van der Waals surface area contributed by atoms with E-state index in [0.29, 0.717) is 0 Å². The second-order valence-electron chi connectivity index (χ2n) is 27.4. The van der Waals surface area contributed by atoms with Gasteiger partial charge in [-0.25, -0.2) is 0 Å². The van der Waals surface area contributed by atoms with Crippen LogP contribution in [-0.4, -0.2) is 113 Å². The first-order valence-corrected chi connectivity index (χ1v) is 50.1. The van der Waals surface area contributed by atoms with Crippen molar-refractivity contribution >= 4 is 38.7 Å². The molecule has 0 unspecified atom stereocenters. The van der Waals surface area contributed by atoms with E-state index < -0.39 is 10.5 Å². The van der Waals surface area contributed by atoms with E-state index in [2.05, 4.69) is 184 Å².